The largest absolute Gasteiger partial charge is 0.550 e. The lowest BCUT2D eigenvalue weighted by molar-refractivity contribution is -0.315. The highest BCUT2D eigenvalue weighted by molar-refractivity contribution is 5.79. The molecule has 15 heavy (non-hydrogen) atoms. The predicted octanol–water partition coefficient (Wildman–Crippen LogP) is 0.640. The molecule has 88 valence electrons. The van der Waals surface area contributed by atoms with Gasteiger partial charge in [0.2, 0.25) is 0 Å². The fraction of sp³-hybridized carbons (Fsp3) is 0.800. The number of rotatable bonds is 2. The van der Waals surface area contributed by atoms with Crippen LogP contribution in [0.5, 0.6) is 0 Å². The normalized spacial score (nSPS) is 33.1. The van der Waals surface area contributed by atoms with E-state index in [1.54, 1.807) is 20.8 Å². The zero-order valence-electron chi connectivity index (χ0n) is 9.66. The molecule has 0 spiro atoms. The summed E-state index contributed by atoms with van der Waals surface area (Å²) in [5.41, 5.74) is -1.71. The Balaban J connectivity index is 0.00000196. The number of hydrogen-bond donors (Lipinski definition) is 2. The fourth-order valence-electron chi connectivity index (χ4n) is 2.30. The monoisotopic (exact) mass is 217 g/mol. The van der Waals surface area contributed by atoms with Crippen molar-refractivity contribution < 1.29 is 19.8 Å². The lowest BCUT2D eigenvalue weighted by Gasteiger charge is -2.38. The third-order valence-electron chi connectivity index (χ3n) is 3.98. The van der Waals surface area contributed by atoms with Gasteiger partial charge in [0.05, 0.1) is 5.41 Å². The van der Waals surface area contributed by atoms with Crippen LogP contribution < -0.4 is 11.3 Å². The summed E-state index contributed by atoms with van der Waals surface area (Å²) in [6.45, 7) is 4.99. The van der Waals surface area contributed by atoms with Crippen LogP contribution in [-0.2, 0) is 9.59 Å². The van der Waals surface area contributed by atoms with Crippen molar-refractivity contribution in [3.8, 4) is 0 Å². The van der Waals surface area contributed by atoms with Gasteiger partial charge in [-0.3, -0.25) is 4.79 Å². The predicted molar refractivity (Wildman–Crippen MR) is 53.2 cm³/mol. The first-order valence-electron chi connectivity index (χ1n) is 4.68. The van der Waals surface area contributed by atoms with E-state index in [0.29, 0.717) is 12.8 Å². The fourth-order valence-corrected chi connectivity index (χ4v) is 2.30. The molecule has 0 unspecified atom stereocenters. The molecule has 0 saturated heterocycles. The van der Waals surface area contributed by atoms with Gasteiger partial charge in [0.25, 0.3) is 0 Å². The maximum Gasteiger partial charge on any atom is 0.309 e. The van der Waals surface area contributed by atoms with Crippen LogP contribution >= 0.6 is 0 Å². The van der Waals surface area contributed by atoms with Gasteiger partial charge in [-0.05, 0) is 25.2 Å². The zero-order valence-corrected chi connectivity index (χ0v) is 9.66. The van der Waals surface area contributed by atoms with Gasteiger partial charge in [-0.15, -0.1) is 0 Å². The first kappa shape index (κ1) is 13.9. The van der Waals surface area contributed by atoms with E-state index >= 15 is 0 Å². The molecule has 1 aliphatic carbocycles. The second kappa shape index (κ2) is 3.81. The number of carboxylic acid groups (broad SMARTS) is 2. The van der Waals surface area contributed by atoms with Crippen LogP contribution in [0.15, 0.2) is 0 Å². The lowest BCUT2D eigenvalue weighted by atomic mass is 9.66. The van der Waals surface area contributed by atoms with Crippen molar-refractivity contribution in [2.24, 2.45) is 16.7 Å². The minimum atomic E-state index is -1.14. The SMILES string of the molecule is CC1(C)[C@@H](C(=O)[O-])CC[C@@]1(C)C(=O)O.[NH4+]. The molecule has 5 heteroatoms. The van der Waals surface area contributed by atoms with E-state index in [2.05, 4.69) is 0 Å². The molecule has 0 radical (unpaired) electrons. The van der Waals surface area contributed by atoms with Gasteiger partial charge in [-0.2, -0.15) is 0 Å². The van der Waals surface area contributed by atoms with Gasteiger partial charge in [-0.25, -0.2) is 0 Å². The van der Waals surface area contributed by atoms with Crippen LogP contribution in [-0.4, -0.2) is 17.0 Å². The summed E-state index contributed by atoms with van der Waals surface area (Å²) in [6, 6.07) is 0. The van der Waals surface area contributed by atoms with Gasteiger partial charge < -0.3 is 21.2 Å². The highest BCUT2D eigenvalue weighted by Gasteiger charge is 2.56. The maximum atomic E-state index is 11.1. The first-order chi connectivity index (χ1) is 6.23. The Morgan fingerprint density at radius 3 is 2.00 bits per heavy atom. The van der Waals surface area contributed by atoms with Gasteiger partial charge in [-0.1, -0.05) is 13.8 Å². The molecule has 0 aromatic heterocycles. The number of hydrogen-bond acceptors (Lipinski definition) is 3. The van der Waals surface area contributed by atoms with Gasteiger partial charge in [0.15, 0.2) is 0 Å². The first-order valence-corrected chi connectivity index (χ1v) is 4.68. The average Bonchev–Trinajstić information content (AvgIpc) is 2.24. The van der Waals surface area contributed by atoms with Crippen LogP contribution in [0.1, 0.15) is 33.6 Å². The summed E-state index contributed by atoms with van der Waals surface area (Å²) in [6.07, 6.45) is 0.784. The number of quaternary nitrogens is 1. The number of aliphatic carboxylic acids is 2. The molecular weight excluding hydrogens is 198 g/mol. The van der Waals surface area contributed by atoms with Crippen LogP contribution in [0.4, 0.5) is 0 Å². The van der Waals surface area contributed by atoms with Gasteiger partial charge in [0.1, 0.15) is 0 Å². The summed E-state index contributed by atoms with van der Waals surface area (Å²) in [4.78, 5) is 21.9. The van der Waals surface area contributed by atoms with E-state index in [4.69, 9.17) is 5.11 Å². The summed E-state index contributed by atoms with van der Waals surface area (Å²) >= 11 is 0. The van der Waals surface area contributed by atoms with Crippen molar-refractivity contribution in [1.29, 1.82) is 0 Å². The van der Waals surface area contributed by atoms with E-state index in [-0.39, 0.29) is 6.15 Å². The minimum Gasteiger partial charge on any atom is -0.550 e. The molecule has 1 aliphatic rings. The number of carboxylic acids is 2. The summed E-state index contributed by atoms with van der Waals surface area (Å²) in [5, 5.41) is 19.9. The molecule has 1 rings (SSSR count). The van der Waals surface area contributed by atoms with Gasteiger partial charge >= 0.3 is 5.97 Å². The van der Waals surface area contributed by atoms with Crippen LogP contribution in [0.2, 0.25) is 0 Å². The number of carbonyl (C=O) groups is 2. The molecule has 0 aromatic carbocycles. The summed E-state index contributed by atoms with van der Waals surface area (Å²) in [7, 11) is 0. The topological polar surface area (TPSA) is 114 Å². The number of carbonyl (C=O) groups excluding carboxylic acids is 1. The van der Waals surface area contributed by atoms with E-state index < -0.39 is 28.7 Å². The third kappa shape index (κ3) is 1.71. The molecule has 0 bridgehead atoms. The summed E-state index contributed by atoms with van der Waals surface area (Å²) < 4.78 is 0. The molecule has 5 nitrogen and oxygen atoms in total. The minimum absolute atomic E-state index is 0. The highest BCUT2D eigenvalue weighted by Crippen LogP contribution is 2.55. The second-order valence-corrected chi connectivity index (χ2v) is 4.77. The molecule has 5 N–H and O–H groups in total. The Hall–Kier alpha value is -1.10. The smallest absolute Gasteiger partial charge is 0.309 e. The lowest BCUT2D eigenvalue weighted by Crippen LogP contribution is -2.46. The van der Waals surface area contributed by atoms with E-state index in [1.165, 1.54) is 0 Å². The van der Waals surface area contributed by atoms with Crippen molar-refractivity contribution in [2.45, 2.75) is 33.6 Å². The van der Waals surface area contributed by atoms with Crippen LogP contribution in [0.3, 0.4) is 0 Å². The van der Waals surface area contributed by atoms with E-state index in [9.17, 15) is 14.7 Å². The molecule has 1 fully saturated rings. The van der Waals surface area contributed by atoms with Crippen molar-refractivity contribution in [1.82, 2.24) is 6.15 Å². The quantitative estimate of drug-likeness (QED) is 0.706. The molecule has 0 amide bonds. The Morgan fingerprint density at radius 1 is 1.33 bits per heavy atom. The van der Waals surface area contributed by atoms with Crippen LogP contribution in [0.25, 0.3) is 0 Å². The standard InChI is InChI=1S/C10H16O4.H3N/c1-9(2)6(7(11)12)4-5-10(9,3)8(13)14;/h6H,4-5H2,1-3H3,(H,11,12)(H,13,14);1H3/t6-,10+;/m1./s1. The Labute approximate surface area is 89.1 Å². The molecule has 0 aromatic rings. The van der Waals surface area contributed by atoms with E-state index in [1.807, 2.05) is 0 Å². The van der Waals surface area contributed by atoms with Crippen LogP contribution in [0, 0.1) is 16.7 Å². The van der Waals surface area contributed by atoms with Crippen molar-refractivity contribution in [3.05, 3.63) is 0 Å². The molecule has 0 heterocycles. The van der Waals surface area contributed by atoms with Crippen molar-refractivity contribution >= 4 is 11.9 Å². The van der Waals surface area contributed by atoms with Gasteiger partial charge in [0, 0.05) is 11.9 Å². The summed E-state index contributed by atoms with van der Waals surface area (Å²) in [5.74, 6) is -2.73. The Bertz CT molecular complexity index is 287. The maximum absolute atomic E-state index is 11.1. The Kier molecular flexibility index (Phi) is 3.53. The molecule has 1 saturated carbocycles. The molecule has 0 aliphatic heterocycles. The third-order valence-corrected chi connectivity index (χ3v) is 3.98. The molecule has 2 atom stereocenters. The average molecular weight is 217 g/mol. The second-order valence-electron chi connectivity index (χ2n) is 4.77. The molecular formula is C10H19NO4. The van der Waals surface area contributed by atoms with E-state index in [0.717, 1.165) is 0 Å². The zero-order chi connectivity index (χ0) is 11.1. The Morgan fingerprint density at radius 2 is 1.80 bits per heavy atom. The van der Waals surface area contributed by atoms with Crippen molar-refractivity contribution in [3.63, 3.8) is 0 Å². The highest BCUT2D eigenvalue weighted by atomic mass is 16.4. The van der Waals surface area contributed by atoms with Crippen molar-refractivity contribution in [2.75, 3.05) is 0 Å².